The summed E-state index contributed by atoms with van der Waals surface area (Å²) in [7, 11) is 0. The Labute approximate surface area is 136 Å². The highest BCUT2D eigenvalue weighted by Gasteiger charge is 2.41. The van der Waals surface area contributed by atoms with Crippen LogP contribution in [-0.2, 0) is 4.79 Å². The van der Waals surface area contributed by atoms with Gasteiger partial charge in [0.15, 0.2) is 10.8 Å². The maximum absolute atomic E-state index is 12.4. The number of nitrogens with zero attached hydrogens (tertiary/aromatic N) is 3. The van der Waals surface area contributed by atoms with E-state index in [4.69, 9.17) is 0 Å². The van der Waals surface area contributed by atoms with Gasteiger partial charge in [0.25, 0.3) is 5.91 Å². The van der Waals surface area contributed by atoms with E-state index in [2.05, 4.69) is 20.3 Å². The largest absolute Gasteiger partial charge is 0.480 e. The molecule has 0 bridgehead atoms. The number of aromatic nitrogens is 3. The van der Waals surface area contributed by atoms with Crippen LogP contribution >= 0.6 is 11.3 Å². The molecular weight excluding hydrogens is 316 g/mol. The average molecular weight is 332 g/mol. The number of hydrogen-bond acceptors (Lipinski definition) is 6. The summed E-state index contributed by atoms with van der Waals surface area (Å²) in [6.07, 6.45) is 8.17. The second kappa shape index (κ2) is 6.41. The highest BCUT2D eigenvalue weighted by atomic mass is 32.1. The van der Waals surface area contributed by atoms with Crippen molar-refractivity contribution in [3.63, 3.8) is 0 Å². The summed E-state index contributed by atoms with van der Waals surface area (Å²) in [5.41, 5.74) is -1.16. The van der Waals surface area contributed by atoms with Gasteiger partial charge in [0.2, 0.25) is 0 Å². The summed E-state index contributed by atoms with van der Waals surface area (Å²) in [6.45, 7) is 0. The van der Waals surface area contributed by atoms with E-state index in [1.54, 1.807) is 18.5 Å². The summed E-state index contributed by atoms with van der Waals surface area (Å²) in [5.74, 6) is -0.933. The Morgan fingerprint density at radius 2 is 1.83 bits per heavy atom. The maximum atomic E-state index is 12.4. The first-order chi connectivity index (χ1) is 11.1. The molecule has 3 rings (SSSR count). The number of thiazole rings is 1. The van der Waals surface area contributed by atoms with Gasteiger partial charge in [0, 0.05) is 12.4 Å². The number of carboxylic acids is 1. The minimum atomic E-state index is -1.16. The monoisotopic (exact) mass is 332 g/mol. The molecule has 1 aliphatic rings. The summed E-state index contributed by atoms with van der Waals surface area (Å²) in [6, 6.07) is 1.70. The molecule has 1 amide bonds. The van der Waals surface area contributed by atoms with E-state index in [1.165, 1.54) is 6.20 Å². The molecule has 0 unspecified atom stereocenters. The molecule has 2 N–H and O–H groups in total. The zero-order valence-electron chi connectivity index (χ0n) is 12.4. The second-order valence-corrected chi connectivity index (χ2v) is 6.53. The first-order valence-electron chi connectivity index (χ1n) is 7.40. The Kier molecular flexibility index (Phi) is 4.33. The number of carboxylic acid groups (broad SMARTS) is 1. The maximum Gasteiger partial charge on any atom is 0.329 e. The van der Waals surface area contributed by atoms with E-state index < -0.39 is 17.4 Å². The number of carbonyl (C=O) groups is 2. The molecular formula is C15H16N4O3S. The molecule has 2 aromatic rings. The fourth-order valence-corrected chi connectivity index (χ4v) is 3.48. The lowest BCUT2D eigenvalue weighted by molar-refractivity contribution is -0.145. The van der Waals surface area contributed by atoms with Gasteiger partial charge in [-0.15, -0.1) is 11.3 Å². The van der Waals surface area contributed by atoms with Gasteiger partial charge in [-0.1, -0.05) is 19.3 Å². The molecule has 7 nitrogen and oxygen atoms in total. The molecule has 2 aromatic heterocycles. The van der Waals surface area contributed by atoms with Crippen LogP contribution in [0.4, 0.5) is 0 Å². The Morgan fingerprint density at radius 3 is 2.48 bits per heavy atom. The minimum absolute atomic E-state index is 0.360. The van der Waals surface area contributed by atoms with Crippen LogP contribution < -0.4 is 5.32 Å². The van der Waals surface area contributed by atoms with Crippen LogP contribution in [0.3, 0.4) is 0 Å². The number of aliphatic carboxylic acids is 1. The smallest absolute Gasteiger partial charge is 0.329 e. The normalized spacial score (nSPS) is 16.7. The Hall–Kier alpha value is -2.35. The molecule has 0 atom stereocenters. The lowest BCUT2D eigenvalue weighted by Gasteiger charge is -2.33. The first-order valence-corrected chi connectivity index (χ1v) is 8.21. The SMILES string of the molecule is O=C(NC1(C(=O)O)CCCCC1)c1cnc(-c2ncccn2)s1. The number of nitrogens with one attached hydrogen (secondary N) is 1. The molecule has 1 aliphatic carbocycles. The van der Waals surface area contributed by atoms with Crippen LogP contribution in [0.25, 0.3) is 10.8 Å². The van der Waals surface area contributed by atoms with Crippen molar-refractivity contribution in [3.05, 3.63) is 29.5 Å². The van der Waals surface area contributed by atoms with E-state index in [1.807, 2.05) is 0 Å². The van der Waals surface area contributed by atoms with Gasteiger partial charge < -0.3 is 10.4 Å². The molecule has 1 saturated carbocycles. The van der Waals surface area contributed by atoms with Crippen molar-refractivity contribution < 1.29 is 14.7 Å². The molecule has 23 heavy (non-hydrogen) atoms. The fourth-order valence-electron chi connectivity index (χ4n) is 2.72. The first kappa shape index (κ1) is 15.5. The van der Waals surface area contributed by atoms with Gasteiger partial charge in [0.1, 0.15) is 10.4 Å². The van der Waals surface area contributed by atoms with Crippen molar-refractivity contribution in [1.29, 1.82) is 0 Å². The van der Waals surface area contributed by atoms with Crippen LogP contribution in [0.1, 0.15) is 41.8 Å². The van der Waals surface area contributed by atoms with Crippen molar-refractivity contribution in [1.82, 2.24) is 20.3 Å². The zero-order valence-corrected chi connectivity index (χ0v) is 13.2. The van der Waals surface area contributed by atoms with E-state index in [0.29, 0.717) is 28.6 Å². The van der Waals surface area contributed by atoms with Crippen LogP contribution in [0.2, 0.25) is 0 Å². The molecule has 8 heteroatoms. The minimum Gasteiger partial charge on any atom is -0.480 e. The predicted octanol–water partition coefficient (Wildman–Crippen LogP) is 2.12. The molecule has 0 radical (unpaired) electrons. The highest BCUT2D eigenvalue weighted by molar-refractivity contribution is 7.16. The van der Waals surface area contributed by atoms with Crippen LogP contribution in [-0.4, -0.2) is 37.5 Å². The second-order valence-electron chi connectivity index (χ2n) is 5.50. The van der Waals surface area contributed by atoms with Gasteiger partial charge in [-0.3, -0.25) is 4.79 Å². The van der Waals surface area contributed by atoms with Crippen molar-refractivity contribution in [2.45, 2.75) is 37.6 Å². The standard InChI is InChI=1S/C15H16N4O3S/c20-12(19-15(14(21)22)5-2-1-3-6-15)10-9-18-13(23-10)11-16-7-4-8-17-11/h4,7-9H,1-3,5-6H2,(H,19,20)(H,21,22). The predicted molar refractivity (Wildman–Crippen MR) is 84.1 cm³/mol. The fraction of sp³-hybridized carbons (Fsp3) is 0.400. The third-order valence-electron chi connectivity index (χ3n) is 3.96. The Balaban J connectivity index is 1.78. The van der Waals surface area contributed by atoms with Crippen LogP contribution in [0.5, 0.6) is 0 Å². The number of amides is 1. The highest BCUT2D eigenvalue weighted by Crippen LogP contribution is 2.30. The van der Waals surface area contributed by atoms with Gasteiger partial charge in [-0.25, -0.2) is 19.7 Å². The quantitative estimate of drug-likeness (QED) is 0.888. The van der Waals surface area contributed by atoms with Gasteiger partial charge in [-0.05, 0) is 18.9 Å². The molecule has 0 aliphatic heterocycles. The molecule has 0 spiro atoms. The number of rotatable bonds is 4. The lowest BCUT2D eigenvalue weighted by Crippen LogP contribution is -2.55. The average Bonchev–Trinajstić information content (AvgIpc) is 3.06. The van der Waals surface area contributed by atoms with Gasteiger partial charge in [-0.2, -0.15) is 0 Å². The number of hydrogen-bond donors (Lipinski definition) is 2. The van der Waals surface area contributed by atoms with Gasteiger partial charge >= 0.3 is 5.97 Å². The third kappa shape index (κ3) is 3.21. The molecule has 1 fully saturated rings. The summed E-state index contributed by atoms with van der Waals surface area (Å²) in [4.78, 5) is 36.7. The molecule has 0 aromatic carbocycles. The van der Waals surface area contributed by atoms with Crippen LogP contribution in [0, 0.1) is 0 Å². The van der Waals surface area contributed by atoms with Crippen molar-refractivity contribution in [2.75, 3.05) is 0 Å². The molecule has 120 valence electrons. The van der Waals surface area contributed by atoms with Crippen LogP contribution in [0.15, 0.2) is 24.7 Å². The van der Waals surface area contributed by atoms with Crippen molar-refractivity contribution in [2.24, 2.45) is 0 Å². The lowest BCUT2D eigenvalue weighted by atomic mass is 9.81. The summed E-state index contributed by atoms with van der Waals surface area (Å²) >= 11 is 1.15. The van der Waals surface area contributed by atoms with Crippen molar-refractivity contribution >= 4 is 23.2 Å². The summed E-state index contributed by atoms with van der Waals surface area (Å²) < 4.78 is 0. The van der Waals surface area contributed by atoms with Gasteiger partial charge in [0.05, 0.1) is 6.20 Å². The number of carbonyl (C=O) groups excluding carboxylic acids is 1. The Morgan fingerprint density at radius 1 is 1.13 bits per heavy atom. The third-order valence-corrected chi connectivity index (χ3v) is 4.95. The van der Waals surface area contributed by atoms with Crippen molar-refractivity contribution in [3.8, 4) is 10.8 Å². The Bertz CT molecular complexity index is 711. The van der Waals surface area contributed by atoms with E-state index in [9.17, 15) is 14.7 Å². The van der Waals surface area contributed by atoms with E-state index in [-0.39, 0.29) is 0 Å². The molecule has 2 heterocycles. The zero-order chi connectivity index (χ0) is 16.3. The summed E-state index contributed by atoms with van der Waals surface area (Å²) in [5, 5.41) is 12.8. The molecule has 0 saturated heterocycles. The topological polar surface area (TPSA) is 105 Å². The van der Waals surface area contributed by atoms with E-state index in [0.717, 1.165) is 30.6 Å². The van der Waals surface area contributed by atoms with E-state index >= 15 is 0 Å².